The highest BCUT2D eigenvalue weighted by molar-refractivity contribution is 5.94. The second kappa shape index (κ2) is 7.59. The minimum atomic E-state index is -0.481. The van der Waals surface area contributed by atoms with E-state index in [9.17, 15) is 14.9 Å². The average Bonchev–Trinajstić information content (AvgIpc) is 3.24. The Bertz CT molecular complexity index is 985. The highest BCUT2D eigenvalue weighted by atomic mass is 16.6. The van der Waals surface area contributed by atoms with Gasteiger partial charge in [-0.05, 0) is 25.0 Å². The van der Waals surface area contributed by atoms with Crippen molar-refractivity contribution >= 4 is 11.6 Å². The van der Waals surface area contributed by atoms with E-state index < -0.39 is 4.92 Å². The van der Waals surface area contributed by atoms with Gasteiger partial charge in [0.25, 0.3) is 11.6 Å². The minimum Gasteiger partial charge on any atom is -0.339 e. The van der Waals surface area contributed by atoms with E-state index >= 15 is 0 Å². The molecule has 2 aromatic carbocycles. The predicted octanol–water partition coefficient (Wildman–Crippen LogP) is 3.66. The van der Waals surface area contributed by atoms with Gasteiger partial charge in [0, 0.05) is 36.3 Å². The second-order valence-electron chi connectivity index (χ2n) is 6.72. The van der Waals surface area contributed by atoms with E-state index in [1.54, 1.807) is 4.90 Å². The third-order valence-electron chi connectivity index (χ3n) is 4.86. The van der Waals surface area contributed by atoms with Crippen molar-refractivity contribution in [3.8, 4) is 11.4 Å². The number of carbonyl (C=O) groups is 1. The Balaban J connectivity index is 1.48. The van der Waals surface area contributed by atoms with Crippen LogP contribution >= 0.6 is 0 Å². The monoisotopic (exact) mass is 378 g/mol. The van der Waals surface area contributed by atoms with Crippen molar-refractivity contribution < 1.29 is 14.2 Å². The van der Waals surface area contributed by atoms with E-state index in [-0.39, 0.29) is 17.5 Å². The summed E-state index contributed by atoms with van der Waals surface area (Å²) in [6, 6.07) is 15.3. The number of rotatable bonds is 4. The van der Waals surface area contributed by atoms with Gasteiger partial charge in [0.15, 0.2) is 0 Å². The molecule has 0 bridgehead atoms. The van der Waals surface area contributed by atoms with Gasteiger partial charge >= 0.3 is 0 Å². The molecule has 4 rings (SSSR count). The summed E-state index contributed by atoms with van der Waals surface area (Å²) in [7, 11) is 0. The Morgan fingerprint density at radius 2 is 1.89 bits per heavy atom. The molecule has 8 nitrogen and oxygen atoms in total. The van der Waals surface area contributed by atoms with Gasteiger partial charge in [-0.1, -0.05) is 35.5 Å². The van der Waals surface area contributed by atoms with E-state index in [4.69, 9.17) is 4.52 Å². The lowest BCUT2D eigenvalue weighted by molar-refractivity contribution is -0.384. The molecule has 1 unspecified atom stereocenters. The third-order valence-corrected chi connectivity index (χ3v) is 4.86. The number of aromatic nitrogens is 2. The summed E-state index contributed by atoms with van der Waals surface area (Å²) in [6.07, 6.45) is 1.69. The molecular weight excluding hydrogens is 360 g/mol. The van der Waals surface area contributed by atoms with Gasteiger partial charge in [-0.3, -0.25) is 14.9 Å². The molecule has 1 amide bonds. The fourth-order valence-electron chi connectivity index (χ4n) is 3.38. The first kappa shape index (κ1) is 17.8. The molecule has 0 aliphatic carbocycles. The third kappa shape index (κ3) is 3.62. The number of hydrogen-bond donors (Lipinski definition) is 0. The van der Waals surface area contributed by atoms with Crippen molar-refractivity contribution in [3.05, 3.63) is 76.2 Å². The molecule has 28 heavy (non-hydrogen) atoms. The quantitative estimate of drug-likeness (QED) is 0.507. The number of nitro groups is 1. The van der Waals surface area contributed by atoms with Crippen molar-refractivity contribution in [2.75, 3.05) is 13.1 Å². The van der Waals surface area contributed by atoms with Crippen molar-refractivity contribution in [1.82, 2.24) is 15.0 Å². The van der Waals surface area contributed by atoms with Crippen LogP contribution in [0, 0.1) is 10.1 Å². The van der Waals surface area contributed by atoms with E-state index in [0.29, 0.717) is 30.4 Å². The molecule has 142 valence electrons. The summed E-state index contributed by atoms with van der Waals surface area (Å²) >= 11 is 0. The predicted molar refractivity (Wildman–Crippen MR) is 101 cm³/mol. The first-order chi connectivity index (χ1) is 13.6. The highest BCUT2D eigenvalue weighted by Crippen LogP contribution is 2.28. The van der Waals surface area contributed by atoms with Crippen LogP contribution in [-0.2, 0) is 0 Å². The van der Waals surface area contributed by atoms with Crippen molar-refractivity contribution in [2.45, 2.75) is 18.8 Å². The SMILES string of the molecule is O=C(c1ccc([N+](=O)[O-])cc1)N1CCCC(c2nc(-c3ccccc3)no2)C1. The summed E-state index contributed by atoms with van der Waals surface area (Å²) < 4.78 is 5.46. The van der Waals surface area contributed by atoms with Crippen molar-refractivity contribution in [1.29, 1.82) is 0 Å². The molecular formula is C20H18N4O4. The zero-order chi connectivity index (χ0) is 19.5. The van der Waals surface area contributed by atoms with Gasteiger partial charge in [0.2, 0.25) is 11.7 Å². The average molecular weight is 378 g/mol. The van der Waals surface area contributed by atoms with Crippen LogP contribution in [0.15, 0.2) is 59.1 Å². The highest BCUT2D eigenvalue weighted by Gasteiger charge is 2.29. The lowest BCUT2D eigenvalue weighted by Gasteiger charge is -2.31. The van der Waals surface area contributed by atoms with Gasteiger partial charge in [-0.25, -0.2) is 0 Å². The van der Waals surface area contributed by atoms with Crippen molar-refractivity contribution in [3.63, 3.8) is 0 Å². The molecule has 1 aliphatic heterocycles. The molecule has 0 saturated carbocycles. The van der Waals surface area contributed by atoms with E-state index in [0.717, 1.165) is 18.4 Å². The fourth-order valence-corrected chi connectivity index (χ4v) is 3.38. The maximum absolute atomic E-state index is 12.8. The second-order valence-corrected chi connectivity index (χ2v) is 6.72. The Kier molecular flexibility index (Phi) is 4.84. The Morgan fingerprint density at radius 1 is 1.14 bits per heavy atom. The molecule has 1 fully saturated rings. The Morgan fingerprint density at radius 3 is 2.61 bits per heavy atom. The normalized spacial score (nSPS) is 16.7. The van der Waals surface area contributed by atoms with Crippen LogP contribution in [0.3, 0.4) is 0 Å². The van der Waals surface area contributed by atoms with Gasteiger partial charge in [-0.2, -0.15) is 4.98 Å². The van der Waals surface area contributed by atoms with Crippen LogP contribution in [0.4, 0.5) is 5.69 Å². The topological polar surface area (TPSA) is 102 Å². The lowest BCUT2D eigenvalue weighted by Crippen LogP contribution is -2.39. The van der Waals surface area contributed by atoms with E-state index in [2.05, 4.69) is 10.1 Å². The molecule has 1 aromatic heterocycles. The smallest absolute Gasteiger partial charge is 0.269 e. The van der Waals surface area contributed by atoms with Gasteiger partial charge in [0.1, 0.15) is 0 Å². The van der Waals surface area contributed by atoms with Crippen LogP contribution in [0.1, 0.15) is 35.0 Å². The molecule has 0 N–H and O–H groups in total. The molecule has 8 heteroatoms. The summed E-state index contributed by atoms with van der Waals surface area (Å²) in [5, 5.41) is 14.8. The fraction of sp³-hybridized carbons (Fsp3) is 0.250. The van der Waals surface area contributed by atoms with Crippen LogP contribution < -0.4 is 0 Å². The number of hydrogen-bond acceptors (Lipinski definition) is 6. The number of carbonyl (C=O) groups excluding carboxylic acids is 1. The van der Waals surface area contributed by atoms with Crippen LogP contribution in [0.2, 0.25) is 0 Å². The van der Waals surface area contributed by atoms with Gasteiger partial charge in [0.05, 0.1) is 10.8 Å². The summed E-state index contributed by atoms with van der Waals surface area (Å²) in [5.74, 6) is 0.887. The number of piperidine rings is 1. The molecule has 2 heterocycles. The molecule has 1 atom stereocenters. The van der Waals surface area contributed by atoms with Crippen molar-refractivity contribution in [2.24, 2.45) is 0 Å². The number of benzene rings is 2. The standard InChI is InChI=1S/C20H18N4O4/c25-20(15-8-10-17(11-9-15)24(26)27)23-12-4-7-16(13-23)19-21-18(22-28-19)14-5-2-1-3-6-14/h1-3,5-6,8-11,16H,4,7,12-13H2. The number of non-ortho nitro benzene ring substituents is 1. The largest absolute Gasteiger partial charge is 0.339 e. The van der Waals surface area contributed by atoms with E-state index in [1.807, 2.05) is 30.3 Å². The molecule has 0 radical (unpaired) electrons. The number of nitro benzene ring substituents is 1. The molecule has 1 aliphatic rings. The number of amides is 1. The Hall–Kier alpha value is -3.55. The summed E-state index contributed by atoms with van der Waals surface area (Å²) in [6.45, 7) is 1.11. The summed E-state index contributed by atoms with van der Waals surface area (Å²) in [5.41, 5.74) is 1.28. The lowest BCUT2D eigenvalue weighted by atomic mass is 9.97. The molecule has 0 spiro atoms. The van der Waals surface area contributed by atoms with E-state index in [1.165, 1.54) is 24.3 Å². The zero-order valence-electron chi connectivity index (χ0n) is 15.0. The van der Waals surface area contributed by atoms with Gasteiger partial charge in [-0.15, -0.1) is 0 Å². The first-order valence-corrected chi connectivity index (χ1v) is 9.04. The maximum Gasteiger partial charge on any atom is 0.269 e. The first-order valence-electron chi connectivity index (χ1n) is 9.04. The summed E-state index contributed by atoms with van der Waals surface area (Å²) in [4.78, 5) is 29.3. The molecule has 1 saturated heterocycles. The van der Waals surface area contributed by atoms with Crippen LogP contribution in [0.25, 0.3) is 11.4 Å². The zero-order valence-corrected chi connectivity index (χ0v) is 15.0. The number of nitrogens with zero attached hydrogens (tertiary/aromatic N) is 4. The number of likely N-dealkylation sites (tertiary alicyclic amines) is 1. The maximum atomic E-state index is 12.8. The van der Waals surface area contributed by atoms with Crippen LogP contribution in [-0.4, -0.2) is 39.0 Å². The molecule has 3 aromatic rings. The minimum absolute atomic E-state index is 0.0271. The Labute approximate surface area is 160 Å². The van der Waals surface area contributed by atoms with Crippen LogP contribution in [0.5, 0.6) is 0 Å². The van der Waals surface area contributed by atoms with Gasteiger partial charge < -0.3 is 9.42 Å².